The molecule has 0 heterocycles. The Labute approximate surface area is 356 Å². The van der Waals surface area contributed by atoms with Crippen LogP contribution in [-0.4, -0.2) is 0 Å². The smallest absolute Gasteiger partial charge is 0.194 e. The third-order valence-electron chi connectivity index (χ3n) is 10.6. The van der Waals surface area contributed by atoms with Gasteiger partial charge in [-0.15, -0.1) is 0 Å². The van der Waals surface area contributed by atoms with E-state index in [0.717, 1.165) is 45.3 Å². The summed E-state index contributed by atoms with van der Waals surface area (Å²) in [5, 5.41) is 10.2. The molecule has 4 nitrogen and oxygen atoms in total. The third kappa shape index (κ3) is 9.48. The van der Waals surface area contributed by atoms with Crippen molar-refractivity contribution in [2.45, 2.75) is 52.4 Å². The van der Waals surface area contributed by atoms with E-state index in [1.165, 1.54) is 11.1 Å². The van der Waals surface area contributed by atoms with Gasteiger partial charge < -0.3 is 9.80 Å². The monoisotopic (exact) mass is 778 g/mol. The van der Waals surface area contributed by atoms with Gasteiger partial charge in [0.15, 0.2) is 5.69 Å². The van der Waals surface area contributed by atoms with Crippen LogP contribution in [0, 0.1) is 17.9 Å². The van der Waals surface area contributed by atoms with Crippen molar-refractivity contribution >= 4 is 64.1 Å². The molecule has 7 aromatic rings. The average molecular weight is 779 g/mol. The van der Waals surface area contributed by atoms with Crippen molar-refractivity contribution < 1.29 is 0 Å². The molecule has 0 fully saturated rings. The van der Waals surface area contributed by atoms with Crippen molar-refractivity contribution in [1.82, 2.24) is 0 Å². The number of anilines is 6. The molecular formula is C56H50N4. The van der Waals surface area contributed by atoms with Gasteiger partial charge in [0.25, 0.3) is 0 Å². The van der Waals surface area contributed by atoms with Crippen molar-refractivity contribution in [3.8, 4) is 6.07 Å². The molecule has 0 atom stereocenters. The molecule has 7 aromatic carbocycles. The first-order valence-corrected chi connectivity index (χ1v) is 20.3. The van der Waals surface area contributed by atoms with E-state index in [-0.39, 0.29) is 10.8 Å². The summed E-state index contributed by atoms with van der Waals surface area (Å²) < 4.78 is 0. The van der Waals surface area contributed by atoms with Gasteiger partial charge in [0, 0.05) is 34.1 Å². The quantitative estimate of drug-likeness (QED) is 0.102. The van der Waals surface area contributed by atoms with Crippen molar-refractivity contribution in [1.29, 1.82) is 5.26 Å². The molecule has 0 aliphatic carbocycles. The maximum absolute atomic E-state index is 10.2. The van der Waals surface area contributed by atoms with Gasteiger partial charge in [-0.05, 0) is 129 Å². The Hall–Kier alpha value is -7.40. The fraction of sp³-hybridized carbons (Fsp3) is 0.143. The average Bonchev–Trinajstić information content (AvgIpc) is 3.26. The molecule has 0 bridgehead atoms. The van der Waals surface area contributed by atoms with E-state index < -0.39 is 0 Å². The number of rotatable bonds is 10. The zero-order valence-electron chi connectivity index (χ0n) is 35.3. The minimum atomic E-state index is 0.0233. The molecule has 0 amide bonds. The fourth-order valence-electron chi connectivity index (χ4n) is 7.20. The van der Waals surface area contributed by atoms with Gasteiger partial charge in [-0.25, -0.2) is 4.85 Å². The Bertz CT molecular complexity index is 2520. The second-order valence-electron chi connectivity index (χ2n) is 17.0. The number of nitriles is 1. The molecule has 4 heteroatoms. The molecule has 0 saturated heterocycles. The van der Waals surface area contributed by atoms with Crippen LogP contribution in [0.25, 0.3) is 29.1 Å². The van der Waals surface area contributed by atoms with Crippen LogP contribution >= 0.6 is 0 Å². The first-order chi connectivity index (χ1) is 28.9. The number of hydrogen-bond donors (Lipinski definition) is 0. The first kappa shape index (κ1) is 40.8. The lowest BCUT2D eigenvalue weighted by Gasteiger charge is -2.28. The molecule has 60 heavy (non-hydrogen) atoms. The molecule has 0 aliphatic heterocycles. The lowest BCUT2D eigenvalue weighted by molar-refractivity contribution is 0.590. The van der Waals surface area contributed by atoms with Crippen LogP contribution in [-0.2, 0) is 10.8 Å². The molecule has 0 unspecified atom stereocenters. The van der Waals surface area contributed by atoms with Crippen LogP contribution < -0.4 is 9.80 Å². The highest BCUT2D eigenvalue weighted by Crippen LogP contribution is 2.39. The predicted octanol–water partition coefficient (Wildman–Crippen LogP) is 16.0. The van der Waals surface area contributed by atoms with Crippen LogP contribution in [0.1, 0.15) is 80.5 Å². The number of hydrogen-bond acceptors (Lipinski definition) is 3. The highest BCUT2D eigenvalue weighted by molar-refractivity contribution is 5.84. The summed E-state index contributed by atoms with van der Waals surface area (Å²) in [6.07, 6.45) is 7.84. The van der Waals surface area contributed by atoms with Gasteiger partial charge in [0.05, 0.1) is 18.2 Å². The molecule has 0 aliphatic rings. The van der Waals surface area contributed by atoms with E-state index in [4.69, 9.17) is 6.57 Å². The summed E-state index contributed by atoms with van der Waals surface area (Å²) in [7, 11) is 0. The van der Waals surface area contributed by atoms with Crippen LogP contribution in [0.3, 0.4) is 0 Å². The van der Waals surface area contributed by atoms with Crippen LogP contribution in [0.4, 0.5) is 39.8 Å². The van der Waals surface area contributed by atoms with Crippen molar-refractivity contribution in [3.05, 3.63) is 220 Å². The van der Waals surface area contributed by atoms with Gasteiger partial charge >= 0.3 is 0 Å². The van der Waals surface area contributed by atoms with E-state index >= 15 is 0 Å². The minimum absolute atomic E-state index is 0.0233. The molecule has 0 aromatic heterocycles. The summed E-state index contributed by atoms with van der Waals surface area (Å²) in [5.41, 5.74) is 13.4. The zero-order valence-corrected chi connectivity index (χ0v) is 35.3. The summed E-state index contributed by atoms with van der Waals surface area (Å²) >= 11 is 0. The maximum atomic E-state index is 10.2. The van der Waals surface area contributed by atoms with Gasteiger partial charge in [-0.2, -0.15) is 5.26 Å². The topological polar surface area (TPSA) is 34.6 Å². The summed E-state index contributed by atoms with van der Waals surface area (Å²) in [6.45, 7) is 21.4. The molecule has 7 rings (SSSR count). The lowest BCUT2D eigenvalue weighted by Crippen LogP contribution is -2.14. The SMILES string of the molecule is [C-]#[N+]c1cc(C=Cc2ccc(N(c3ccccc3)c3cccc(C(C)(C)C)c3)cc2)c(C#N)cc1C=Cc1ccc(N(c2ccccc2)c2cccc(C(C)(C)C)c2)cc1. The van der Waals surface area contributed by atoms with E-state index in [9.17, 15) is 5.26 Å². The van der Waals surface area contributed by atoms with Gasteiger partial charge in [-0.3, -0.25) is 0 Å². The number of benzene rings is 7. The molecule has 0 spiro atoms. The number of para-hydroxylation sites is 2. The van der Waals surface area contributed by atoms with E-state index in [1.807, 2.05) is 48.6 Å². The van der Waals surface area contributed by atoms with Crippen LogP contribution in [0.5, 0.6) is 0 Å². The largest absolute Gasteiger partial charge is 0.310 e. The Morgan fingerprint density at radius 2 is 0.850 bits per heavy atom. The Morgan fingerprint density at radius 3 is 1.25 bits per heavy atom. The molecule has 0 saturated carbocycles. The van der Waals surface area contributed by atoms with Crippen LogP contribution in [0.2, 0.25) is 0 Å². The van der Waals surface area contributed by atoms with Crippen molar-refractivity contribution in [2.75, 3.05) is 9.80 Å². The normalized spacial score (nSPS) is 11.7. The first-order valence-electron chi connectivity index (χ1n) is 20.3. The van der Waals surface area contributed by atoms with E-state index in [0.29, 0.717) is 22.4 Å². The second kappa shape index (κ2) is 17.6. The standard InChI is InChI=1S/C56H50N4/c1-55(2,3)46-16-14-22-52(38-46)59(48-18-10-8-11-19-48)50-32-26-41(27-33-50)24-30-43-37-54(58-7)44(36-45(43)40-57)31-25-42-28-34-51(35-29-42)60(49-20-12-9-13-21-49)53-23-15-17-47(39-53)56(4,5)6/h8-39H,1-6H3. The highest BCUT2D eigenvalue weighted by atomic mass is 15.1. The van der Waals surface area contributed by atoms with Crippen molar-refractivity contribution in [2.24, 2.45) is 0 Å². The second-order valence-corrected chi connectivity index (χ2v) is 17.0. The molecule has 294 valence electrons. The summed E-state index contributed by atoms with van der Waals surface area (Å²) in [6, 6.07) is 61.1. The third-order valence-corrected chi connectivity index (χ3v) is 10.6. The number of nitrogens with zero attached hydrogens (tertiary/aromatic N) is 4. The maximum Gasteiger partial charge on any atom is 0.194 e. The van der Waals surface area contributed by atoms with Crippen molar-refractivity contribution in [3.63, 3.8) is 0 Å². The van der Waals surface area contributed by atoms with Gasteiger partial charge in [0.2, 0.25) is 0 Å². The van der Waals surface area contributed by atoms with E-state index in [2.05, 4.69) is 208 Å². The zero-order chi connectivity index (χ0) is 42.3. The predicted molar refractivity (Wildman–Crippen MR) is 255 cm³/mol. The Morgan fingerprint density at radius 1 is 0.450 bits per heavy atom. The summed E-state index contributed by atoms with van der Waals surface area (Å²) in [5.74, 6) is 0. The molecule has 0 N–H and O–H groups in total. The van der Waals surface area contributed by atoms with E-state index in [1.54, 1.807) is 0 Å². The fourth-order valence-corrected chi connectivity index (χ4v) is 7.20. The van der Waals surface area contributed by atoms with Crippen LogP contribution in [0.15, 0.2) is 170 Å². The minimum Gasteiger partial charge on any atom is -0.310 e. The molecule has 0 radical (unpaired) electrons. The Balaban J connectivity index is 1.12. The molecular weight excluding hydrogens is 729 g/mol. The van der Waals surface area contributed by atoms with Gasteiger partial charge in [0.1, 0.15) is 0 Å². The highest BCUT2D eigenvalue weighted by Gasteiger charge is 2.19. The Kier molecular flexibility index (Phi) is 12.0. The van der Waals surface area contributed by atoms with Gasteiger partial charge in [-0.1, -0.05) is 151 Å². The summed E-state index contributed by atoms with van der Waals surface area (Å²) in [4.78, 5) is 8.39. The lowest BCUT2D eigenvalue weighted by atomic mass is 9.87.